The van der Waals surface area contributed by atoms with E-state index < -0.39 is 11.6 Å². The maximum Gasteiger partial charge on any atom is 0.237 e. The molecule has 0 aromatic heterocycles. The Morgan fingerprint density at radius 3 is 2.88 bits per heavy atom. The van der Waals surface area contributed by atoms with Crippen LogP contribution in [0.5, 0.6) is 0 Å². The van der Waals surface area contributed by atoms with Crippen molar-refractivity contribution in [3.63, 3.8) is 0 Å². The standard InChI is InChI=1S/C11H8F2INO/c12-4-1-7-5-3-6(5)9(14)11(16)15-10(7)8(13)2-4/h1-2,5-6,9H,3H2,(H,15,16)/t5-,6?,9-/m1/s1. The van der Waals surface area contributed by atoms with E-state index in [-0.39, 0.29) is 27.4 Å². The van der Waals surface area contributed by atoms with Crippen molar-refractivity contribution in [1.29, 1.82) is 0 Å². The highest BCUT2D eigenvalue weighted by Crippen LogP contribution is 2.55. The van der Waals surface area contributed by atoms with Crippen LogP contribution < -0.4 is 5.32 Å². The zero-order valence-electron chi connectivity index (χ0n) is 8.14. The average Bonchev–Trinajstić information content (AvgIpc) is 2.99. The monoisotopic (exact) mass is 335 g/mol. The van der Waals surface area contributed by atoms with Crippen molar-refractivity contribution >= 4 is 34.2 Å². The highest BCUT2D eigenvalue weighted by Gasteiger charge is 2.49. The van der Waals surface area contributed by atoms with E-state index in [0.717, 1.165) is 12.5 Å². The molecule has 1 unspecified atom stereocenters. The predicted octanol–water partition coefficient (Wildman–Crippen LogP) is 2.82. The van der Waals surface area contributed by atoms with E-state index in [1.165, 1.54) is 6.07 Å². The molecule has 0 radical (unpaired) electrons. The second-order valence-electron chi connectivity index (χ2n) is 4.25. The van der Waals surface area contributed by atoms with Crippen molar-refractivity contribution < 1.29 is 13.6 Å². The molecule has 1 fully saturated rings. The van der Waals surface area contributed by atoms with Crippen molar-refractivity contribution in [2.75, 3.05) is 5.32 Å². The van der Waals surface area contributed by atoms with Gasteiger partial charge in [-0.05, 0) is 29.9 Å². The number of amides is 1. The quantitative estimate of drug-likeness (QED) is 0.573. The minimum absolute atomic E-state index is 0.126. The van der Waals surface area contributed by atoms with Crippen molar-refractivity contribution in [2.24, 2.45) is 5.92 Å². The molecule has 1 N–H and O–H groups in total. The van der Waals surface area contributed by atoms with Crippen molar-refractivity contribution in [3.05, 3.63) is 29.3 Å². The van der Waals surface area contributed by atoms with Crippen LogP contribution in [-0.2, 0) is 4.79 Å². The summed E-state index contributed by atoms with van der Waals surface area (Å²) in [6.45, 7) is 0. The number of carbonyl (C=O) groups is 1. The number of hydrogen-bond donors (Lipinski definition) is 1. The number of carbonyl (C=O) groups excluding carboxylic acids is 1. The zero-order chi connectivity index (χ0) is 11.4. The summed E-state index contributed by atoms with van der Waals surface area (Å²) in [5.74, 6) is -1.09. The molecule has 1 aromatic rings. The average molecular weight is 335 g/mol. The molecule has 16 heavy (non-hydrogen) atoms. The molecule has 1 aliphatic carbocycles. The Hall–Kier alpha value is -0.720. The Morgan fingerprint density at radius 1 is 1.38 bits per heavy atom. The summed E-state index contributed by atoms with van der Waals surface area (Å²) >= 11 is 2.07. The van der Waals surface area contributed by atoms with Crippen LogP contribution in [-0.4, -0.2) is 9.83 Å². The molecule has 3 atom stereocenters. The molecule has 1 heterocycles. The van der Waals surface area contributed by atoms with Gasteiger partial charge in [0.2, 0.25) is 5.91 Å². The number of hydrogen-bond acceptors (Lipinski definition) is 1. The minimum atomic E-state index is -0.681. The van der Waals surface area contributed by atoms with E-state index in [2.05, 4.69) is 27.9 Å². The van der Waals surface area contributed by atoms with Gasteiger partial charge in [-0.3, -0.25) is 4.79 Å². The van der Waals surface area contributed by atoms with Crippen LogP contribution in [0, 0.1) is 17.6 Å². The van der Waals surface area contributed by atoms with Crippen LogP contribution in [0.4, 0.5) is 14.5 Å². The van der Waals surface area contributed by atoms with Crippen LogP contribution in [0.1, 0.15) is 17.9 Å². The number of benzene rings is 1. The molecule has 1 amide bonds. The summed E-state index contributed by atoms with van der Waals surface area (Å²) in [5, 5.41) is 2.54. The second kappa shape index (κ2) is 3.38. The lowest BCUT2D eigenvalue weighted by atomic mass is 10.1. The molecule has 1 saturated carbocycles. The fraction of sp³-hybridized carbons (Fsp3) is 0.364. The lowest BCUT2D eigenvalue weighted by Crippen LogP contribution is -2.23. The third-order valence-corrected chi connectivity index (χ3v) is 4.69. The molecule has 0 spiro atoms. The van der Waals surface area contributed by atoms with E-state index >= 15 is 0 Å². The summed E-state index contributed by atoms with van der Waals surface area (Å²) < 4.78 is 26.5. The normalized spacial score (nSPS) is 31.2. The minimum Gasteiger partial charge on any atom is -0.322 e. The Morgan fingerprint density at radius 2 is 2.12 bits per heavy atom. The number of nitrogens with one attached hydrogen (secondary N) is 1. The summed E-state index contributed by atoms with van der Waals surface area (Å²) in [6.07, 6.45) is 0.844. The first-order valence-electron chi connectivity index (χ1n) is 5.02. The fourth-order valence-corrected chi connectivity index (χ4v) is 3.25. The Labute approximate surface area is 105 Å². The van der Waals surface area contributed by atoms with Gasteiger partial charge in [0.25, 0.3) is 0 Å². The Bertz CT molecular complexity index is 491. The molecule has 0 saturated heterocycles. The number of anilines is 1. The largest absolute Gasteiger partial charge is 0.322 e. The second-order valence-corrected chi connectivity index (χ2v) is 5.59. The number of halogens is 3. The Balaban J connectivity index is 2.15. The molecule has 5 heteroatoms. The van der Waals surface area contributed by atoms with E-state index in [9.17, 15) is 13.6 Å². The fourth-order valence-electron chi connectivity index (χ4n) is 2.30. The highest BCUT2D eigenvalue weighted by molar-refractivity contribution is 14.1. The van der Waals surface area contributed by atoms with Crippen molar-refractivity contribution in [2.45, 2.75) is 16.3 Å². The summed E-state index contributed by atoms with van der Waals surface area (Å²) in [7, 11) is 0. The first-order chi connectivity index (χ1) is 7.58. The first kappa shape index (κ1) is 10.4. The molecule has 2 nitrogen and oxygen atoms in total. The number of alkyl halides is 1. The van der Waals surface area contributed by atoms with Gasteiger partial charge in [0, 0.05) is 6.07 Å². The van der Waals surface area contributed by atoms with Gasteiger partial charge in [-0.15, -0.1) is 0 Å². The molecule has 3 rings (SSSR count). The third kappa shape index (κ3) is 1.44. The van der Waals surface area contributed by atoms with Gasteiger partial charge in [-0.25, -0.2) is 8.78 Å². The summed E-state index contributed by atoms with van der Waals surface area (Å²) in [6, 6.07) is 2.14. The first-order valence-corrected chi connectivity index (χ1v) is 6.26. The molecule has 1 aromatic carbocycles. The van der Waals surface area contributed by atoms with Gasteiger partial charge in [-0.2, -0.15) is 0 Å². The van der Waals surface area contributed by atoms with Gasteiger partial charge >= 0.3 is 0 Å². The number of fused-ring (bicyclic) bond motifs is 3. The van der Waals surface area contributed by atoms with Crippen LogP contribution in [0.2, 0.25) is 0 Å². The smallest absolute Gasteiger partial charge is 0.237 e. The molecule has 1 aliphatic heterocycles. The number of rotatable bonds is 0. The van der Waals surface area contributed by atoms with Crippen LogP contribution in [0.3, 0.4) is 0 Å². The highest BCUT2D eigenvalue weighted by atomic mass is 127. The maximum atomic E-state index is 13.5. The lowest BCUT2D eigenvalue weighted by molar-refractivity contribution is -0.115. The molecule has 2 aliphatic rings. The van der Waals surface area contributed by atoms with Crippen LogP contribution in [0.25, 0.3) is 0 Å². The van der Waals surface area contributed by atoms with Crippen LogP contribution >= 0.6 is 22.6 Å². The van der Waals surface area contributed by atoms with Crippen molar-refractivity contribution in [1.82, 2.24) is 0 Å². The van der Waals surface area contributed by atoms with E-state index in [4.69, 9.17) is 0 Å². The maximum absolute atomic E-state index is 13.5. The summed E-state index contributed by atoms with van der Waals surface area (Å²) in [5.41, 5.74) is 0.771. The van der Waals surface area contributed by atoms with Gasteiger partial charge in [0.1, 0.15) is 11.6 Å². The molecular formula is C11H8F2INO. The SMILES string of the molecule is O=C1Nc2c(F)cc(F)cc2[C@@H]2CC2[C@H]1I. The van der Waals surface area contributed by atoms with Gasteiger partial charge in [0.05, 0.1) is 9.61 Å². The van der Waals surface area contributed by atoms with Crippen molar-refractivity contribution in [3.8, 4) is 0 Å². The Kier molecular flexibility index (Phi) is 2.21. The predicted molar refractivity (Wildman–Crippen MR) is 63.6 cm³/mol. The molecule has 84 valence electrons. The lowest BCUT2D eigenvalue weighted by Gasteiger charge is -2.10. The van der Waals surface area contributed by atoms with Gasteiger partial charge < -0.3 is 5.32 Å². The third-order valence-electron chi connectivity index (χ3n) is 3.20. The summed E-state index contributed by atoms with van der Waals surface area (Å²) in [4.78, 5) is 11.7. The van der Waals surface area contributed by atoms with Crippen LogP contribution in [0.15, 0.2) is 12.1 Å². The molecular weight excluding hydrogens is 327 g/mol. The van der Waals surface area contributed by atoms with E-state index in [1.807, 2.05) is 0 Å². The van der Waals surface area contributed by atoms with E-state index in [0.29, 0.717) is 5.56 Å². The topological polar surface area (TPSA) is 29.1 Å². The zero-order valence-corrected chi connectivity index (χ0v) is 10.3. The van der Waals surface area contributed by atoms with Gasteiger partial charge in [-0.1, -0.05) is 22.6 Å². The molecule has 0 bridgehead atoms. The van der Waals surface area contributed by atoms with Gasteiger partial charge in [0.15, 0.2) is 0 Å². The van der Waals surface area contributed by atoms with E-state index in [1.54, 1.807) is 0 Å².